The zero-order valence-corrected chi connectivity index (χ0v) is 7.12. The number of carbonyl (C=O) groups is 2. The average Bonchev–Trinajstić information content (AvgIpc) is 1.96. The highest BCUT2D eigenvalue weighted by Gasteiger charge is 2.22. The molecule has 1 aliphatic heterocycles. The summed E-state index contributed by atoms with van der Waals surface area (Å²) in [5.74, 6) is -0.894. The summed E-state index contributed by atoms with van der Waals surface area (Å²) in [6.45, 7) is 0.902. The Balaban J connectivity index is 2.00. The molecule has 1 aliphatic rings. The van der Waals surface area contributed by atoms with Crippen LogP contribution < -0.4 is 11.1 Å². The predicted octanol–water partition coefficient (Wildman–Crippen LogP) is -2.00. The van der Waals surface area contributed by atoms with Crippen molar-refractivity contribution in [2.75, 3.05) is 26.3 Å². The van der Waals surface area contributed by atoms with Crippen LogP contribution in [0.3, 0.4) is 0 Å². The van der Waals surface area contributed by atoms with Crippen LogP contribution in [0.1, 0.15) is 0 Å². The molecule has 1 saturated heterocycles. The molecule has 0 aromatic rings. The van der Waals surface area contributed by atoms with E-state index < -0.39 is 11.9 Å². The quantitative estimate of drug-likeness (QED) is 0.487. The Morgan fingerprint density at radius 1 is 1.46 bits per heavy atom. The van der Waals surface area contributed by atoms with Gasteiger partial charge in [-0.15, -0.1) is 0 Å². The van der Waals surface area contributed by atoms with Gasteiger partial charge in [-0.2, -0.15) is 0 Å². The van der Waals surface area contributed by atoms with Crippen LogP contribution >= 0.6 is 0 Å². The first-order valence-corrected chi connectivity index (χ1v) is 3.94. The van der Waals surface area contributed by atoms with E-state index in [0.717, 1.165) is 0 Å². The monoisotopic (exact) mass is 188 g/mol. The van der Waals surface area contributed by atoms with Gasteiger partial charge in [-0.05, 0) is 0 Å². The average molecular weight is 188 g/mol. The highest BCUT2D eigenvalue weighted by molar-refractivity contribution is 5.77. The molecule has 0 aromatic carbocycles. The van der Waals surface area contributed by atoms with Gasteiger partial charge in [0.15, 0.2) is 0 Å². The number of primary amides is 1. The van der Waals surface area contributed by atoms with Crippen molar-refractivity contribution in [3.05, 3.63) is 0 Å². The number of esters is 1. The van der Waals surface area contributed by atoms with Crippen LogP contribution in [0.2, 0.25) is 0 Å². The van der Waals surface area contributed by atoms with Crippen molar-refractivity contribution < 1.29 is 19.1 Å². The van der Waals surface area contributed by atoms with E-state index in [1.807, 2.05) is 0 Å². The Morgan fingerprint density at radius 2 is 2.15 bits per heavy atom. The van der Waals surface area contributed by atoms with E-state index in [0.29, 0.717) is 13.2 Å². The van der Waals surface area contributed by atoms with E-state index in [4.69, 9.17) is 15.2 Å². The second-order valence-corrected chi connectivity index (χ2v) is 2.72. The molecule has 0 spiro atoms. The molecule has 0 atom stereocenters. The van der Waals surface area contributed by atoms with Crippen LogP contribution in [-0.4, -0.2) is 44.3 Å². The lowest BCUT2D eigenvalue weighted by Crippen LogP contribution is -2.41. The molecule has 0 bridgehead atoms. The lowest BCUT2D eigenvalue weighted by Gasteiger charge is -2.25. The largest absolute Gasteiger partial charge is 0.456 e. The fourth-order valence-corrected chi connectivity index (χ4v) is 0.797. The summed E-state index contributed by atoms with van der Waals surface area (Å²) in [6, 6.07) is 0. The normalized spacial score (nSPS) is 16.3. The summed E-state index contributed by atoms with van der Waals surface area (Å²) in [6.07, 6.45) is -0.122. The number of ether oxygens (including phenoxy) is 2. The standard InChI is InChI=1S/C7H12N2O4/c8-6(10)1-9-2-7(11)13-5-3-12-4-5/h5,9H,1-4H2,(H2,8,10). The first-order valence-electron chi connectivity index (χ1n) is 3.94. The number of carbonyl (C=O) groups excluding carboxylic acids is 2. The number of rotatable bonds is 5. The summed E-state index contributed by atoms with van der Waals surface area (Å²) in [4.78, 5) is 21.2. The molecular formula is C7H12N2O4. The molecule has 0 unspecified atom stereocenters. The van der Waals surface area contributed by atoms with E-state index in [1.54, 1.807) is 0 Å². The van der Waals surface area contributed by atoms with Crippen molar-refractivity contribution in [2.24, 2.45) is 5.73 Å². The SMILES string of the molecule is NC(=O)CNCC(=O)OC1COC1. The maximum absolute atomic E-state index is 10.9. The molecular weight excluding hydrogens is 176 g/mol. The third kappa shape index (κ3) is 3.86. The maximum Gasteiger partial charge on any atom is 0.320 e. The third-order valence-corrected chi connectivity index (χ3v) is 1.47. The molecule has 3 N–H and O–H groups in total. The van der Waals surface area contributed by atoms with Crippen molar-refractivity contribution in [2.45, 2.75) is 6.10 Å². The van der Waals surface area contributed by atoms with E-state index in [1.165, 1.54) is 0 Å². The summed E-state index contributed by atoms with van der Waals surface area (Å²) in [5.41, 5.74) is 4.84. The fraction of sp³-hybridized carbons (Fsp3) is 0.714. The first-order chi connectivity index (χ1) is 6.18. The van der Waals surface area contributed by atoms with Crippen molar-refractivity contribution in [3.8, 4) is 0 Å². The Kier molecular flexibility index (Phi) is 3.66. The highest BCUT2D eigenvalue weighted by atomic mass is 16.6. The van der Waals surface area contributed by atoms with Gasteiger partial charge < -0.3 is 15.2 Å². The Hall–Kier alpha value is -1.14. The number of hydrogen-bond acceptors (Lipinski definition) is 5. The third-order valence-electron chi connectivity index (χ3n) is 1.47. The minimum absolute atomic E-state index is 0.000556. The van der Waals surface area contributed by atoms with Gasteiger partial charge in [-0.25, -0.2) is 0 Å². The summed E-state index contributed by atoms with van der Waals surface area (Å²) in [5, 5.41) is 2.55. The van der Waals surface area contributed by atoms with Crippen LogP contribution in [0.25, 0.3) is 0 Å². The van der Waals surface area contributed by atoms with Crippen LogP contribution in [0.15, 0.2) is 0 Å². The molecule has 1 amide bonds. The summed E-state index contributed by atoms with van der Waals surface area (Å²) < 4.78 is 9.70. The van der Waals surface area contributed by atoms with Crippen molar-refractivity contribution in [1.29, 1.82) is 0 Å². The molecule has 13 heavy (non-hydrogen) atoms. The molecule has 6 nitrogen and oxygen atoms in total. The molecule has 0 aromatic heterocycles. The van der Waals surface area contributed by atoms with Gasteiger partial charge in [0.05, 0.1) is 26.3 Å². The minimum atomic E-state index is -0.500. The Morgan fingerprint density at radius 3 is 2.62 bits per heavy atom. The molecule has 0 saturated carbocycles. The van der Waals surface area contributed by atoms with E-state index in [9.17, 15) is 9.59 Å². The number of nitrogens with one attached hydrogen (secondary N) is 1. The maximum atomic E-state index is 10.9. The van der Waals surface area contributed by atoms with Crippen molar-refractivity contribution in [1.82, 2.24) is 5.32 Å². The first kappa shape index (κ1) is 9.94. The lowest BCUT2D eigenvalue weighted by atomic mass is 10.3. The van der Waals surface area contributed by atoms with Crippen molar-refractivity contribution in [3.63, 3.8) is 0 Å². The molecule has 0 aliphatic carbocycles. The zero-order valence-electron chi connectivity index (χ0n) is 7.12. The van der Waals surface area contributed by atoms with Gasteiger partial charge in [0, 0.05) is 0 Å². The van der Waals surface area contributed by atoms with Crippen LogP contribution in [0.5, 0.6) is 0 Å². The smallest absolute Gasteiger partial charge is 0.320 e. The second-order valence-electron chi connectivity index (χ2n) is 2.72. The Labute approximate surface area is 75.4 Å². The minimum Gasteiger partial charge on any atom is -0.456 e. The zero-order chi connectivity index (χ0) is 9.68. The summed E-state index contributed by atoms with van der Waals surface area (Å²) >= 11 is 0. The highest BCUT2D eigenvalue weighted by Crippen LogP contribution is 2.04. The second kappa shape index (κ2) is 4.78. The molecule has 74 valence electrons. The van der Waals surface area contributed by atoms with E-state index in [2.05, 4.69) is 5.32 Å². The molecule has 1 heterocycles. The fourth-order valence-electron chi connectivity index (χ4n) is 0.797. The molecule has 1 fully saturated rings. The topological polar surface area (TPSA) is 90.7 Å². The summed E-state index contributed by atoms with van der Waals surface area (Å²) in [7, 11) is 0. The van der Waals surface area contributed by atoms with Gasteiger partial charge in [0.2, 0.25) is 5.91 Å². The lowest BCUT2D eigenvalue weighted by molar-refractivity contribution is -0.171. The molecule has 6 heteroatoms. The van der Waals surface area contributed by atoms with Crippen molar-refractivity contribution >= 4 is 11.9 Å². The number of amides is 1. The van der Waals surface area contributed by atoms with Gasteiger partial charge in [-0.1, -0.05) is 0 Å². The van der Waals surface area contributed by atoms with Gasteiger partial charge in [0.1, 0.15) is 6.10 Å². The van der Waals surface area contributed by atoms with Gasteiger partial charge in [0.25, 0.3) is 0 Å². The van der Waals surface area contributed by atoms with Crippen LogP contribution in [0, 0.1) is 0 Å². The Bertz CT molecular complexity index is 203. The van der Waals surface area contributed by atoms with Gasteiger partial charge in [-0.3, -0.25) is 14.9 Å². The van der Waals surface area contributed by atoms with E-state index >= 15 is 0 Å². The molecule has 0 radical (unpaired) electrons. The van der Waals surface area contributed by atoms with Crippen LogP contribution in [0.4, 0.5) is 0 Å². The van der Waals surface area contributed by atoms with Gasteiger partial charge >= 0.3 is 5.97 Å². The molecule has 1 rings (SSSR count). The number of hydrogen-bond donors (Lipinski definition) is 2. The number of nitrogens with two attached hydrogens (primary N) is 1. The predicted molar refractivity (Wildman–Crippen MR) is 42.8 cm³/mol. The van der Waals surface area contributed by atoms with Crippen LogP contribution in [-0.2, 0) is 19.1 Å². The van der Waals surface area contributed by atoms with E-state index in [-0.39, 0.29) is 19.2 Å².